The fourth-order valence-corrected chi connectivity index (χ4v) is 2.67. The van der Waals surface area contributed by atoms with Crippen molar-refractivity contribution < 1.29 is 4.39 Å². The first-order valence-corrected chi connectivity index (χ1v) is 8.44. The van der Waals surface area contributed by atoms with E-state index in [1.807, 2.05) is 26.0 Å². The lowest BCUT2D eigenvalue weighted by Gasteiger charge is -2.11. The van der Waals surface area contributed by atoms with Crippen LogP contribution in [0.3, 0.4) is 0 Å². The highest BCUT2D eigenvalue weighted by Crippen LogP contribution is 2.24. The second-order valence-electron chi connectivity index (χ2n) is 6.09. The van der Waals surface area contributed by atoms with E-state index in [4.69, 9.17) is 0 Å². The molecule has 3 heterocycles. The number of anilines is 2. The van der Waals surface area contributed by atoms with Crippen LogP contribution in [-0.2, 0) is 0 Å². The molecular weight excluding hydrogens is 343 g/mol. The van der Waals surface area contributed by atoms with Gasteiger partial charge in [-0.15, -0.1) is 0 Å². The minimum Gasteiger partial charge on any atom is -0.337 e. The summed E-state index contributed by atoms with van der Waals surface area (Å²) in [6.07, 6.45) is 6.77. The van der Waals surface area contributed by atoms with Gasteiger partial charge in [-0.3, -0.25) is 4.98 Å². The predicted molar refractivity (Wildman–Crippen MR) is 102 cm³/mol. The number of benzene rings is 1. The molecular formula is C20H17FN6. The number of nitrogens with one attached hydrogen (secondary N) is 1. The third kappa shape index (κ3) is 3.39. The lowest BCUT2D eigenvalue weighted by Crippen LogP contribution is -2.03. The Balaban J connectivity index is 1.67. The average molecular weight is 360 g/mol. The second-order valence-corrected chi connectivity index (χ2v) is 6.09. The van der Waals surface area contributed by atoms with Gasteiger partial charge < -0.3 is 5.32 Å². The number of aromatic nitrogens is 5. The lowest BCUT2D eigenvalue weighted by atomic mass is 10.2. The highest BCUT2D eigenvalue weighted by Gasteiger charge is 2.12. The molecule has 7 heteroatoms. The van der Waals surface area contributed by atoms with Crippen LogP contribution in [0.15, 0.2) is 61.2 Å². The van der Waals surface area contributed by atoms with Crippen LogP contribution in [0.4, 0.5) is 15.9 Å². The molecule has 0 saturated carbocycles. The normalized spacial score (nSPS) is 10.8. The van der Waals surface area contributed by atoms with Crippen molar-refractivity contribution in [3.8, 4) is 17.1 Å². The third-order valence-electron chi connectivity index (χ3n) is 4.27. The highest BCUT2D eigenvalue weighted by molar-refractivity contribution is 5.64. The molecule has 0 aliphatic carbocycles. The fraction of sp³-hybridized carbons (Fsp3) is 0.100. The zero-order valence-corrected chi connectivity index (χ0v) is 14.9. The van der Waals surface area contributed by atoms with E-state index in [0.29, 0.717) is 23.0 Å². The second kappa shape index (κ2) is 6.95. The number of halogens is 1. The summed E-state index contributed by atoms with van der Waals surface area (Å²) >= 11 is 0. The summed E-state index contributed by atoms with van der Waals surface area (Å²) in [5.41, 5.74) is 3.80. The van der Waals surface area contributed by atoms with Gasteiger partial charge in [0.1, 0.15) is 17.3 Å². The van der Waals surface area contributed by atoms with Crippen LogP contribution in [0.5, 0.6) is 0 Å². The first-order valence-electron chi connectivity index (χ1n) is 8.44. The van der Waals surface area contributed by atoms with Crippen molar-refractivity contribution in [3.63, 3.8) is 0 Å². The topological polar surface area (TPSA) is 68.5 Å². The Bertz CT molecular complexity index is 1090. The molecule has 27 heavy (non-hydrogen) atoms. The Morgan fingerprint density at radius 1 is 1.00 bits per heavy atom. The minimum atomic E-state index is -0.332. The molecule has 4 aromatic rings. The molecule has 0 saturated heterocycles. The Morgan fingerprint density at radius 3 is 2.56 bits per heavy atom. The molecule has 0 unspecified atom stereocenters. The summed E-state index contributed by atoms with van der Waals surface area (Å²) < 4.78 is 15.5. The zero-order valence-electron chi connectivity index (χ0n) is 14.9. The van der Waals surface area contributed by atoms with Gasteiger partial charge in [0.2, 0.25) is 0 Å². The zero-order chi connectivity index (χ0) is 18.8. The van der Waals surface area contributed by atoms with Crippen molar-refractivity contribution in [2.75, 3.05) is 5.32 Å². The monoisotopic (exact) mass is 360 g/mol. The molecule has 4 rings (SSSR count). The van der Waals surface area contributed by atoms with Crippen molar-refractivity contribution in [3.05, 3.63) is 78.3 Å². The molecule has 0 radical (unpaired) electrons. The molecule has 6 nitrogen and oxygen atoms in total. The van der Waals surface area contributed by atoms with E-state index in [9.17, 15) is 4.39 Å². The summed E-state index contributed by atoms with van der Waals surface area (Å²) in [5, 5.41) is 7.50. The number of hydrogen-bond acceptors (Lipinski definition) is 5. The molecule has 3 aromatic heterocycles. The van der Waals surface area contributed by atoms with Crippen LogP contribution in [0.25, 0.3) is 17.1 Å². The molecule has 0 aliphatic heterocycles. The molecule has 0 atom stereocenters. The lowest BCUT2D eigenvalue weighted by molar-refractivity contribution is 0.611. The highest BCUT2D eigenvalue weighted by atomic mass is 19.1. The molecule has 0 aliphatic rings. The Kier molecular flexibility index (Phi) is 4.33. The largest absolute Gasteiger partial charge is 0.337 e. The summed E-state index contributed by atoms with van der Waals surface area (Å²) in [6.45, 7) is 3.89. The number of rotatable bonds is 4. The van der Waals surface area contributed by atoms with Gasteiger partial charge in [-0.1, -0.05) is 12.1 Å². The van der Waals surface area contributed by atoms with Crippen LogP contribution in [0, 0.1) is 19.7 Å². The van der Waals surface area contributed by atoms with Gasteiger partial charge in [0.15, 0.2) is 5.82 Å². The molecule has 0 bridgehead atoms. The van der Waals surface area contributed by atoms with E-state index in [2.05, 4.69) is 25.4 Å². The van der Waals surface area contributed by atoms with E-state index in [-0.39, 0.29) is 5.82 Å². The molecule has 0 fully saturated rings. The Morgan fingerprint density at radius 2 is 1.78 bits per heavy atom. The quantitative estimate of drug-likeness (QED) is 0.590. The minimum absolute atomic E-state index is 0.332. The number of aryl methyl sites for hydroxylation is 1. The number of nitrogens with zero attached hydrogens (tertiary/aromatic N) is 5. The number of pyridine rings is 1. The van der Waals surface area contributed by atoms with Gasteiger partial charge in [0.25, 0.3) is 0 Å². The van der Waals surface area contributed by atoms with E-state index < -0.39 is 0 Å². The van der Waals surface area contributed by atoms with Gasteiger partial charge in [-0.2, -0.15) is 5.10 Å². The van der Waals surface area contributed by atoms with Crippen molar-refractivity contribution in [2.24, 2.45) is 0 Å². The van der Waals surface area contributed by atoms with Gasteiger partial charge in [0, 0.05) is 29.2 Å². The standard InChI is InChI=1S/C20H17FN6/c1-13-14(2)24-20(15-7-9-22-10-8-15)26-19(13)25-16-11-23-27(12-16)18-6-4-3-5-17(18)21/h3-12H,1-2H3,(H,24,25,26). The predicted octanol–water partition coefficient (Wildman–Crippen LogP) is 4.22. The van der Waals surface area contributed by atoms with Gasteiger partial charge in [-0.25, -0.2) is 19.0 Å². The van der Waals surface area contributed by atoms with Crippen molar-refractivity contribution in [1.82, 2.24) is 24.7 Å². The third-order valence-corrected chi connectivity index (χ3v) is 4.27. The van der Waals surface area contributed by atoms with Gasteiger partial charge in [0.05, 0.1) is 18.1 Å². The first-order chi connectivity index (χ1) is 13.1. The SMILES string of the molecule is Cc1nc(-c2ccncc2)nc(Nc2cnn(-c3ccccc3F)c2)c1C. The van der Waals surface area contributed by atoms with E-state index in [0.717, 1.165) is 16.8 Å². The van der Waals surface area contributed by atoms with E-state index in [1.54, 1.807) is 43.0 Å². The fourth-order valence-electron chi connectivity index (χ4n) is 2.67. The Hall–Kier alpha value is -3.61. The maximum atomic E-state index is 14.0. The first kappa shape index (κ1) is 16.8. The molecule has 1 aromatic carbocycles. The molecule has 134 valence electrons. The summed E-state index contributed by atoms with van der Waals surface area (Å²) in [6, 6.07) is 10.2. The van der Waals surface area contributed by atoms with Crippen LogP contribution in [0.1, 0.15) is 11.3 Å². The Labute approximate surface area is 155 Å². The summed E-state index contributed by atoms with van der Waals surface area (Å²) in [5.74, 6) is 0.966. The van der Waals surface area contributed by atoms with Crippen LogP contribution < -0.4 is 5.32 Å². The summed E-state index contributed by atoms with van der Waals surface area (Å²) in [7, 11) is 0. The van der Waals surface area contributed by atoms with Crippen LogP contribution in [-0.4, -0.2) is 24.7 Å². The molecule has 0 spiro atoms. The van der Waals surface area contributed by atoms with Gasteiger partial charge >= 0.3 is 0 Å². The van der Waals surface area contributed by atoms with Crippen molar-refractivity contribution in [2.45, 2.75) is 13.8 Å². The maximum Gasteiger partial charge on any atom is 0.161 e. The molecule has 1 N–H and O–H groups in total. The average Bonchev–Trinajstić information content (AvgIpc) is 3.14. The summed E-state index contributed by atoms with van der Waals surface area (Å²) in [4.78, 5) is 13.2. The van der Waals surface area contributed by atoms with E-state index in [1.165, 1.54) is 10.7 Å². The number of para-hydroxylation sites is 1. The van der Waals surface area contributed by atoms with Crippen LogP contribution in [0.2, 0.25) is 0 Å². The number of hydrogen-bond donors (Lipinski definition) is 1. The maximum absolute atomic E-state index is 14.0. The molecule has 0 amide bonds. The van der Waals surface area contributed by atoms with Gasteiger partial charge in [-0.05, 0) is 38.1 Å². The van der Waals surface area contributed by atoms with Crippen LogP contribution >= 0.6 is 0 Å². The van der Waals surface area contributed by atoms with Crippen molar-refractivity contribution >= 4 is 11.5 Å². The van der Waals surface area contributed by atoms with Crippen molar-refractivity contribution in [1.29, 1.82) is 0 Å². The smallest absolute Gasteiger partial charge is 0.161 e. The van der Waals surface area contributed by atoms with E-state index >= 15 is 0 Å².